The Morgan fingerprint density at radius 3 is 1.89 bits per heavy atom. The van der Waals surface area contributed by atoms with Gasteiger partial charge in [-0.25, -0.2) is 8.42 Å². The van der Waals surface area contributed by atoms with Gasteiger partial charge in [0.25, 0.3) is 0 Å². The van der Waals surface area contributed by atoms with Crippen molar-refractivity contribution in [3.8, 4) is 5.75 Å². The van der Waals surface area contributed by atoms with Crippen LogP contribution in [0.4, 0.5) is 0 Å². The Labute approximate surface area is 204 Å². The van der Waals surface area contributed by atoms with E-state index in [1.807, 2.05) is 60.7 Å². The van der Waals surface area contributed by atoms with Crippen molar-refractivity contribution < 1.29 is 17.9 Å². The van der Waals surface area contributed by atoms with E-state index >= 15 is 0 Å². The number of nitrogens with one attached hydrogen (secondary N) is 1. The number of rotatable bonds is 4. The summed E-state index contributed by atoms with van der Waals surface area (Å²) in [6.45, 7) is 0. The zero-order chi connectivity index (χ0) is 24.0. The summed E-state index contributed by atoms with van der Waals surface area (Å²) < 4.78 is 33.8. The van der Waals surface area contributed by atoms with Crippen LogP contribution >= 0.6 is 0 Å². The lowest BCUT2D eigenvalue weighted by molar-refractivity contribution is -0.142. The van der Waals surface area contributed by atoms with Gasteiger partial charge in [0.05, 0.1) is 10.9 Å². The topological polar surface area (TPSA) is 72.5 Å². The first-order valence-corrected chi connectivity index (χ1v) is 13.0. The van der Waals surface area contributed by atoms with Crippen molar-refractivity contribution in [2.45, 2.75) is 21.7 Å². The van der Waals surface area contributed by atoms with Gasteiger partial charge in [-0.05, 0) is 29.3 Å². The minimum absolute atomic E-state index is 0.172. The molecule has 5 nitrogen and oxygen atoms in total. The minimum atomic E-state index is -4.11. The lowest BCUT2D eigenvalue weighted by Crippen LogP contribution is -2.51. The number of carbonyl (C=O) groups excluding carboxylic acids is 1. The second kappa shape index (κ2) is 8.18. The fourth-order valence-corrected chi connectivity index (χ4v) is 8.16. The summed E-state index contributed by atoms with van der Waals surface area (Å²) in [6, 6.07) is 33.1. The standard InChI is InChI=1S/C29H23NO4S/c31-28-25-26(20-12-4-1-5-13-20)30-27(21-14-6-2-7-15-21)29(25,23-18-10-11-19-24(23)34-28)35(32,33)22-16-8-3-9-17-22/h1-19,25-27,30H/t25-,26+,27-,29-/m1/s1. The summed E-state index contributed by atoms with van der Waals surface area (Å²) >= 11 is 0. The maximum Gasteiger partial charge on any atom is 0.318 e. The number of carbonyl (C=O) groups is 1. The third kappa shape index (κ3) is 3.10. The molecule has 0 radical (unpaired) electrons. The molecule has 1 saturated heterocycles. The fraction of sp³-hybridized carbons (Fsp3) is 0.138. The molecule has 4 atom stereocenters. The third-order valence-electron chi connectivity index (χ3n) is 7.13. The minimum Gasteiger partial charge on any atom is -0.426 e. The second-order valence-electron chi connectivity index (χ2n) is 8.90. The monoisotopic (exact) mass is 481 g/mol. The molecule has 0 aromatic heterocycles. The van der Waals surface area contributed by atoms with Crippen LogP contribution in [0, 0.1) is 5.92 Å². The molecule has 4 aromatic rings. The lowest BCUT2D eigenvalue weighted by atomic mass is 9.75. The molecule has 1 N–H and O–H groups in total. The normalized spacial score (nSPS) is 25.4. The number of benzene rings is 4. The van der Waals surface area contributed by atoms with Gasteiger partial charge >= 0.3 is 5.97 Å². The summed E-state index contributed by atoms with van der Waals surface area (Å²) in [5, 5.41) is 3.57. The molecule has 0 unspecified atom stereocenters. The highest BCUT2D eigenvalue weighted by molar-refractivity contribution is 7.92. The maximum atomic E-state index is 14.8. The van der Waals surface area contributed by atoms with Gasteiger partial charge in [-0.1, -0.05) is 97.1 Å². The number of ether oxygens (including phenoxy) is 1. The highest BCUT2D eigenvalue weighted by Gasteiger charge is 2.70. The number of para-hydroxylation sites is 1. The molecule has 0 amide bonds. The van der Waals surface area contributed by atoms with Gasteiger partial charge in [0.1, 0.15) is 16.4 Å². The molecule has 6 heteroatoms. The molecule has 0 saturated carbocycles. The number of hydrogen-bond acceptors (Lipinski definition) is 5. The van der Waals surface area contributed by atoms with E-state index in [4.69, 9.17) is 4.74 Å². The van der Waals surface area contributed by atoms with Crippen molar-refractivity contribution in [2.24, 2.45) is 5.92 Å². The van der Waals surface area contributed by atoms with E-state index in [9.17, 15) is 13.2 Å². The van der Waals surface area contributed by atoms with Crippen molar-refractivity contribution in [3.63, 3.8) is 0 Å². The van der Waals surface area contributed by atoms with E-state index in [1.54, 1.807) is 54.6 Å². The lowest BCUT2D eigenvalue weighted by Gasteiger charge is -2.42. The summed E-state index contributed by atoms with van der Waals surface area (Å²) in [7, 11) is -4.11. The quantitative estimate of drug-likeness (QED) is 0.329. The van der Waals surface area contributed by atoms with E-state index in [0.717, 1.165) is 11.1 Å². The number of sulfone groups is 1. The van der Waals surface area contributed by atoms with E-state index in [0.29, 0.717) is 5.56 Å². The molecule has 2 heterocycles. The molecule has 0 bridgehead atoms. The summed E-state index contributed by atoms with van der Waals surface area (Å²) in [5.74, 6) is -1.28. The molecular formula is C29H23NO4S. The van der Waals surface area contributed by atoms with Crippen molar-refractivity contribution in [3.05, 3.63) is 132 Å². The van der Waals surface area contributed by atoms with Crippen LogP contribution in [0.5, 0.6) is 5.75 Å². The summed E-state index contributed by atoms with van der Waals surface area (Å²) in [5.41, 5.74) is 2.12. The van der Waals surface area contributed by atoms with E-state index < -0.39 is 38.6 Å². The molecule has 2 aliphatic rings. The van der Waals surface area contributed by atoms with Crippen LogP contribution in [0.3, 0.4) is 0 Å². The number of esters is 1. The van der Waals surface area contributed by atoms with Crippen LogP contribution in [0.1, 0.15) is 28.8 Å². The van der Waals surface area contributed by atoms with Gasteiger partial charge in [-0.2, -0.15) is 0 Å². The Morgan fingerprint density at radius 1 is 0.686 bits per heavy atom. The molecule has 174 valence electrons. The molecule has 0 aliphatic carbocycles. The first-order valence-electron chi connectivity index (χ1n) is 11.5. The Kier molecular flexibility index (Phi) is 5.09. The van der Waals surface area contributed by atoms with E-state index in [1.165, 1.54) is 0 Å². The first-order chi connectivity index (χ1) is 17.0. The van der Waals surface area contributed by atoms with Gasteiger partial charge in [0.15, 0.2) is 9.84 Å². The van der Waals surface area contributed by atoms with E-state index in [2.05, 4.69) is 5.32 Å². The zero-order valence-electron chi connectivity index (χ0n) is 18.7. The predicted molar refractivity (Wildman–Crippen MR) is 132 cm³/mol. The highest BCUT2D eigenvalue weighted by Crippen LogP contribution is 2.62. The van der Waals surface area contributed by atoms with Crippen LogP contribution < -0.4 is 10.1 Å². The number of fused-ring (bicyclic) bond motifs is 3. The molecule has 35 heavy (non-hydrogen) atoms. The SMILES string of the molecule is O=C1Oc2ccccc2[C@]2(S(=O)(=O)c3ccccc3)[C@@H](c3ccccc3)N[C@@H](c3ccccc3)[C@H]12. The second-order valence-corrected chi connectivity index (χ2v) is 11.1. The largest absolute Gasteiger partial charge is 0.426 e. The predicted octanol–water partition coefficient (Wildman–Crippen LogP) is 4.98. The zero-order valence-corrected chi connectivity index (χ0v) is 19.6. The highest BCUT2D eigenvalue weighted by atomic mass is 32.2. The van der Waals surface area contributed by atoms with Gasteiger partial charge in [0, 0.05) is 11.6 Å². The van der Waals surface area contributed by atoms with Crippen molar-refractivity contribution in [1.82, 2.24) is 5.32 Å². The van der Waals surface area contributed by atoms with Gasteiger partial charge in [0.2, 0.25) is 0 Å². The van der Waals surface area contributed by atoms with Crippen LogP contribution in [-0.4, -0.2) is 14.4 Å². The molecule has 2 aliphatic heterocycles. The van der Waals surface area contributed by atoms with Crippen LogP contribution in [-0.2, 0) is 19.4 Å². The maximum absolute atomic E-state index is 14.8. The Hall–Kier alpha value is -3.74. The fourth-order valence-electron chi connectivity index (χ4n) is 5.71. The molecule has 6 rings (SSSR count). The molecule has 0 spiro atoms. The first kappa shape index (κ1) is 21.8. The van der Waals surface area contributed by atoms with Crippen molar-refractivity contribution >= 4 is 15.8 Å². The smallest absolute Gasteiger partial charge is 0.318 e. The van der Waals surface area contributed by atoms with Crippen LogP contribution in [0.2, 0.25) is 0 Å². The van der Waals surface area contributed by atoms with Gasteiger partial charge in [-0.15, -0.1) is 0 Å². The molecular weight excluding hydrogens is 458 g/mol. The molecule has 4 aromatic carbocycles. The number of hydrogen-bond donors (Lipinski definition) is 1. The Morgan fingerprint density at radius 2 is 1.23 bits per heavy atom. The molecule has 1 fully saturated rings. The van der Waals surface area contributed by atoms with Crippen molar-refractivity contribution in [1.29, 1.82) is 0 Å². The Balaban J connectivity index is 1.73. The Bertz CT molecular complexity index is 1490. The van der Waals surface area contributed by atoms with Crippen LogP contribution in [0.15, 0.2) is 120 Å². The summed E-state index contributed by atoms with van der Waals surface area (Å²) in [6.07, 6.45) is 0. The third-order valence-corrected chi connectivity index (χ3v) is 9.62. The van der Waals surface area contributed by atoms with Gasteiger partial charge < -0.3 is 10.1 Å². The average molecular weight is 482 g/mol. The average Bonchev–Trinajstić information content (AvgIpc) is 3.29. The summed E-state index contributed by atoms with van der Waals surface area (Å²) in [4.78, 5) is 13.9. The van der Waals surface area contributed by atoms with Crippen LogP contribution in [0.25, 0.3) is 0 Å². The van der Waals surface area contributed by atoms with Crippen molar-refractivity contribution in [2.75, 3.05) is 0 Å². The van der Waals surface area contributed by atoms with Gasteiger partial charge in [-0.3, -0.25) is 4.79 Å². The van der Waals surface area contributed by atoms with E-state index in [-0.39, 0.29) is 10.6 Å².